The van der Waals surface area contributed by atoms with Gasteiger partial charge in [-0.15, -0.1) is 0 Å². The Morgan fingerprint density at radius 2 is 1.81 bits per heavy atom. The van der Waals surface area contributed by atoms with Crippen molar-refractivity contribution in [2.75, 3.05) is 17.1 Å². The number of carbonyl (C=O) groups excluding carboxylic acids is 2. The van der Waals surface area contributed by atoms with Crippen LogP contribution in [-0.4, -0.2) is 50.0 Å². The lowest BCUT2D eigenvalue weighted by Gasteiger charge is -2.31. The molecule has 0 saturated heterocycles. The van der Waals surface area contributed by atoms with Gasteiger partial charge in [-0.2, -0.15) is 0 Å². The molecule has 0 aliphatic heterocycles. The molecule has 1 aliphatic carbocycles. The molecule has 0 heterocycles. The van der Waals surface area contributed by atoms with E-state index in [0.29, 0.717) is 0 Å². The average molecular weight is 597 g/mol. The van der Waals surface area contributed by atoms with E-state index in [2.05, 4.69) is 21.2 Å². The van der Waals surface area contributed by atoms with Gasteiger partial charge in [0, 0.05) is 30.0 Å². The Morgan fingerprint density at radius 3 is 2.46 bits per heavy atom. The molecule has 3 rings (SSSR count). The minimum atomic E-state index is -3.76. The highest BCUT2D eigenvalue weighted by atomic mass is 79.9. The second-order valence-electron chi connectivity index (χ2n) is 9.56. The molecule has 1 saturated carbocycles. The highest BCUT2D eigenvalue weighted by Crippen LogP contribution is 2.23. The maximum absolute atomic E-state index is 14.3. The molecule has 1 fully saturated rings. The predicted molar refractivity (Wildman–Crippen MR) is 147 cm³/mol. The van der Waals surface area contributed by atoms with Crippen LogP contribution in [0.4, 0.5) is 10.1 Å². The fraction of sp³-hybridized carbons (Fsp3) is 0.481. The number of nitrogens with one attached hydrogen (secondary N) is 1. The standard InChI is InChI=1S/C27H35BrFN3O4S/c1-20(27(34)30-23-12-4-3-5-13-23)31(19-21-10-8-11-22(28)18-21)26(33)16-9-17-32(37(2,35)36)25-15-7-6-14-24(25)29/h6-8,10-11,14-15,18,20,23H,3-5,9,12-13,16-17,19H2,1-2H3,(H,30,34)/t20-/m0/s1. The Kier molecular flexibility index (Phi) is 10.5. The van der Waals surface area contributed by atoms with Gasteiger partial charge in [0.15, 0.2) is 0 Å². The Bertz CT molecular complexity index is 1190. The van der Waals surface area contributed by atoms with Crippen LogP contribution >= 0.6 is 15.9 Å². The summed E-state index contributed by atoms with van der Waals surface area (Å²) in [5.74, 6) is -1.11. The topological polar surface area (TPSA) is 86.8 Å². The van der Waals surface area contributed by atoms with Gasteiger partial charge in [-0.05, 0) is 56.0 Å². The average Bonchev–Trinajstić information content (AvgIpc) is 2.85. The van der Waals surface area contributed by atoms with Crippen LogP contribution in [-0.2, 0) is 26.2 Å². The largest absolute Gasteiger partial charge is 0.352 e. The van der Waals surface area contributed by atoms with Crippen molar-refractivity contribution in [1.29, 1.82) is 0 Å². The van der Waals surface area contributed by atoms with Gasteiger partial charge in [0.1, 0.15) is 11.9 Å². The van der Waals surface area contributed by atoms with E-state index in [1.165, 1.54) is 29.5 Å². The lowest BCUT2D eigenvalue weighted by Crippen LogP contribution is -2.50. The molecule has 0 spiro atoms. The monoisotopic (exact) mass is 595 g/mol. The molecular weight excluding hydrogens is 561 g/mol. The lowest BCUT2D eigenvalue weighted by molar-refractivity contribution is -0.141. The summed E-state index contributed by atoms with van der Waals surface area (Å²) >= 11 is 3.45. The van der Waals surface area contributed by atoms with Crippen molar-refractivity contribution in [2.24, 2.45) is 0 Å². The predicted octanol–water partition coefficient (Wildman–Crippen LogP) is 5.00. The van der Waals surface area contributed by atoms with E-state index in [0.717, 1.165) is 46.3 Å². The van der Waals surface area contributed by atoms with Gasteiger partial charge in [0.2, 0.25) is 21.8 Å². The van der Waals surface area contributed by atoms with Crippen LogP contribution in [0.2, 0.25) is 0 Å². The molecule has 0 radical (unpaired) electrons. The molecule has 0 bridgehead atoms. The Balaban J connectivity index is 1.72. The number of sulfonamides is 1. The molecule has 1 atom stereocenters. The highest BCUT2D eigenvalue weighted by Gasteiger charge is 2.28. The molecule has 1 N–H and O–H groups in total. The minimum absolute atomic E-state index is 0.00945. The number of para-hydroxylation sites is 1. The van der Waals surface area contributed by atoms with E-state index in [9.17, 15) is 22.4 Å². The number of halogens is 2. The number of anilines is 1. The summed E-state index contributed by atoms with van der Waals surface area (Å²) in [4.78, 5) is 28.0. The number of nitrogens with zero attached hydrogens (tertiary/aromatic N) is 2. The summed E-state index contributed by atoms with van der Waals surface area (Å²) in [6, 6.07) is 12.6. The molecule has 37 heavy (non-hydrogen) atoms. The summed E-state index contributed by atoms with van der Waals surface area (Å²) in [5, 5.41) is 3.10. The summed E-state index contributed by atoms with van der Waals surface area (Å²) in [6.07, 6.45) is 6.41. The molecule has 0 unspecified atom stereocenters. The number of hydrogen-bond donors (Lipinski definition) is 1. The molecule has 10 heteroatoms. The Hall–Kier alpha value is -2.46. The first kappa shape index (κ1) is 29.1. The zero-order chi connectivity index (χ0) is 27.0. The fourth-order valence-corrected chi connectivity index (χ4v) is 6.03. The minimum Gasteiger partial charge on any atom is -0.352 e. The first-order valence-corrected chi connectivity index (χ1v) is 15.3. The van der Waals surface area contributed by atoms with Crippen LogP contribution in [0.15, 0.2) is 53.0 Å². The zero-order valence-corrected chi connectivity index (χ0v) is 23.7. The lowest BCUT2D eigenvalue weighted by atomic mass is 9.95. The van der Waals surface area contributed by atoms with Crippen LogP contribution in [0.3, 0.4) is 0 Å². The number of amides is 2. The van der Waals surface area contributed by atoms with Crippen molar-refractivity contribution >= 4 is 43.5 Å². The Labute approximate surface area is 227 Å². The molecule has 7 nitrogen and oxygen atoms in total. The smallest absolute Gasteiger partial charge is 0.242 e. The number of benzene rings is 2. The second-order valence-corrected chi connectivity index (χ2v) is 12.4. The number of rotatable bonds is 11. The molecular formula is C27H35BrFN3O4S. The SMILES string of the molecule is C[C@@H](C(=O)NC1CCCCC1)N(Cc1cccc(Br)c1)C(=O)CCCN(c1ccccc1F)S(C)(=O)=O. The van der Waals surface area contributed by atoms with Gasteiger partial charge in [-0.3, -0.25) is 13.9 Å². The quantitative estimate of drug-likeness (QED) is 0.396. The molecule has 1 aliphatic rings. The van der Waals surface area contributed by atoms with Crippen molar-refractivity contribution in [3.05, 3.63) is 64.4 Å². The highest BCUT2D eigenvalue weighted by molar-refractivity contribution is 9.10. The van der Waals surface area contributed by atoms with Crippen molar-refractivity contribution in [3.63, 3.8) is 0 Å². The molecule has 2 aromatic carbocycles. The van der Waals surface area contributed by atoms with Crippen LogP contribution in [0.1, 0.15) is 57.4 Å². The van der Waals surface area contributed by atoms with E-state index < -0.39 is 21.9 Å². The summed E-state index contributed by atoms with van der Waals surface area (Å²) < 4.78 is 40.9. The summed E-state index contributed by atoms with van der Waals surface area (Å²) in [6.45, 7) is 1.90. The maximum Gasteiger partial charge on any atom is 0.242 e. The van der Waals surface area contributed by atoms with Crippen LogP contribution < -0.4 is 9.62 Å². The van der Waals surface area contributed by atoms with E-state index in [1.54, 1.807) is 13.0 Å². The number of hydrogen-bond acceptors (Lipinski definition) is 4. The van der Waals surface area contributed by atoms with Gasteiger partial charge in [0.25, 0.3) is 0 Å². The van der Waals surface area contributed by atoms with Crippen molar-refractivity contribution in [1.82, 2.24) is 10.2 Å². The third kappa shape index (κ3) is 8.53. The molecule has 0 aromatic heterocycles. The molecule has 2 amide bonds. The normalized spacial score (nSPS) is 15.1. The second kappa shape index (κ2) is 13.4. The zero-order valence-electron chi connectivity index (χ0n) is 21.3. The van der Waals surface area contributed by atoms with Crippen LogP contribution in [0, 0.1) is 5.82 Å². The molecule has 202 valence electrons. The van der Waals surface area contributed by atoms with E-state index in [1.807, 2.05) is 24.3 Å². The van der Waals surface area contributed by atoms with Crippen LogP contribution in [0.5, 0.6) is 0 Å². The van der Waals surface area contributed by atoms with Gasteiger partial charge in [-0.1, -0.05) is 59.5 Å². The van der Waals surface area contributed by atoms with Gasteiger partial charge in [0.05, 0.1) is 11.9 Å². The summed E-state index contributed by atoms with van der Waals surface area (Å²) in [7, 11) is -3.76. The van der Waals surface area contributed by atoms with Gasteiger partial charge < -0.3 is 10.2 Å². The van der Waals surface area contributed by atoms with Crippen LogP contribution in [0.25, 0.3) is 0 Å². The maximum atomic E-state index is 14.3. The first-order chi connectivity index (χ1) is 17.6. The third-order valence-corrected chi connectivity index (χ3v) is 8.31. The summed E-state index contributed by atoms with van der Waals surface area (Å²) in [5.41, 5.74) is 0.813. The fourth-order valence-electron chi connectivity index (χ4n) is 4.62. The van der Waals surface area contributed by atoms with E-state index in [-0.39, 0.29) is 49.5 Å². The van der Waals surface area contributed by atoms with Crippen molar-refractivity contribution in [3.8, 4) is 0 Å². The third-order valence-electron chi connectivity index (χ3n) is 6.63. The van der Waals surface area contributed by atoms with E-state index in [4.69, 9.17) is 0 Å². The van der Waals surface area contributed by atoms with Crippen molar-refractivity contribution in [2.45, 2.75) is 70.5 Å². The van der Waals surface area contributed by atoms with E-state index >= 15 is 0 Å². The van der Waals surface area contributed by atoms with Crippen molar-refractivity contribution < 1.29 is 22.4 Å². The van der Waals surface area contributed by atoms with Gasteiger partial charge in [-0.25, -0.2) is 12.8 Å². The number of carbonyl (C=O) groups is 2. The first-order valence-electron chi connectivity index (χ1n) is 12.6. The molecule has 2 aromatic rings. The Morgan fingerprint density at radius 1 is 1.11 bits per heavy atom. The van der Waals surface area contributed by atoms with Gasteiger partial charge >= 0.3 is 0 Å².